The summed E-state index contributed by atoms with van der Waals surface area (Å²) < 4.78 is 7.49. The summed E-state index contributed by atoms with van der Waals surface area (Å²) in [4.78, 5) is 17.8. The molecule has 168 valence electrons. The summed E-state index contributed by atoms with van der Waals surface area (Å²) in [6.45, 7) is 7.75. The number of carbonyl (C=O) groups is 1. The molecule has 1 saturated carbocycles. The Morgan fingerprint density at radius 3 is 2.68 bits per heavy atom. The molecule has 4 rings (SSSR count). The Kier molecular flexibility index (Phi) is 7.72. The second kappa shape index (κ2) is 10.9. The van der Waals surface area contributed by atoms with Crippen LogP contribution in [0.2, 0.25) is 0 Å². The lowest BCUT2D eigenvalue weighted by Gasteiger charge is -2.34. The van der Waals surface area contributed by atoms with E-state index in [-0.39, 0.29) is 11.9 Å². The first-order valence-electron chi connectivity index (χ1n) is 11.6. The van der Waals surface area contributed by atoms with Crippen LogP contribution in [-0.2, 0) is 16.1 Å². The second-order valence-corrected chi connectivity index (χ2v) is 8.80. The molecule has 2 aromatic rings. The van der Waals surface area contributed by atoms with Crippen LogP contribution in [0.15, 0.2) is 42.6 Å². The fourth-order valence-electron chi connectivity index (χ4n) is 4.68. The minimum absolute atomic E-state index is 0.0181. The van der Waals surface area contributed by atoms with Crippen LogP contribution in [0, 0.1) is 0 Å². The van der Waals surface area contributed by atoms with Crippen molar-refractivity contribution in [1.29, 1.82) is 0 Å². The molecule has 2 fully saturated rings. The molecule has 1 unspecified atom stereocenters. The van der Waals surface area contributed by atoms with E-state index in [4.69, 9.17) is 4.74 Å². The lowest BCUT2D eigenvalue weighted by Crippen LogP contribution is -2.48. The van der Waals surface area contributed by atoms with Gasteiger partial charge in [0.05, 0.1) is 32.0 Å². The van der Waals surface area contributed by atoms with Crippen LogP contribution in [0.25, 0.3) is 0 Å². The molecule has 31 heavy (non-hydrogen) atoms. The molecule has 1 atom stereocenters. The van der Waals surface area contributed by atoms with Crippen LogP contribution < -0.4 is 5.32 Å². The van der Waals surface area contributed by atoms with Crippen LogP contribution in [0.5, 0.6) is 0 Å². The average Bonchev–Trinajstić information content (AvgIpc) is 3.46. The maximum atomic E-state index is 13.0. The molecule has 1 saturated heterocycles. The number of carbonyl (C=O) groups excluding carboxylic acids is 1. The molecule has 0 spiro atoms. The Labute approximate surface area is 185 Å². The third kappa shape index (κ3) is 6.15. The van der Waals surface area contributed by atoms with Crippen molar-refractivity contribution >= 4 is 11.7 Å². The maximum absolute atomic E-state index is 13.0. The third-order valence-electron chi connectivity index (χ3n) is 6.43. The van der Waals surface area contributed by atoms with Gasteiger partial charge in [0, 0.05) is 38.3 Å². The van der Waals surface area contributed by atoms with Gasteiger partial charge in [-0.2, -0.15) is 5.10 Å². The summed E-state index contributed by atoms with van der Waals surface area (Å²) in [5, 5.41) is 7.61. The summed E-state index contributed by atoms with van der Waals surface area (Å²) in [5.74, 6) is 0.835. The number of hydrogen-bond acceptors (Lipinski definition) is 5. The van der Waals surface area contributed by atoms with Crippen molar-refractivity contribution in [3.63, 3.8) is 0 Å². The first-order valence-corrected chi connectivity index (χ1v) is 11.6. The molecule has 1 aromatic carbocycles. The third-order valence-corrected chi connectivity index (χ3v) is 6.43. The van der Waals surface area contributed by atoms with Gasteiger partial charge in [-0.25, -0.2) is 4.68 Å². The molecule has 1 aliphatic heterocycles. The van der Waals surface area contributed by atoms with E-state index in [9.17, 15) is 4.79 Å². The number of benzene rings is 1. The Morgan fingerprint density at radius 1 is 1.19 bits per heavy atom. The van der Waals surface area contributed by atoms with Crippen molar-refractivity contribution in [2.75, 3.05) is 44.7 Å². The highest BCUT2D eigenvalue weighted by molar-refractivity contribution is 5.91. The first kappa shape index (κ1) is 22.0. The summed E-state index contributed by atoms with van der Waals surface area (Å²) >= 11 is 0. The number of morpholine rings is 1. The highest BCUT2D eigenvalue weighted by Gasteiger charge is 2.24. The van der Waals surface area contributed by atoms with Gasteiger partial charge in [0.25, 0.3) is 0 Å². The van der Waals surface area contributed by atoms with Crippen LogP contribution in [0.1, 0.15) is 44.2 Å². The van der Waals surface area contributed by atoms with Crippen molar-refractivity contribution < 1.29 is 9.53 Å². The number of rotatable bonds is 9. The molecule has 2 heterocycles. The van der Waals surface area contributed by atoms with E-state index in [1.165, 1.54) is 18.4 Å². The molecule has 0 radical (unpaired) electrons. The van der Waals surface area contributed by atoms with Crippen LogP contribution in [0.3, 0.4) is 0 Å². The molecule has 7 heteroatoms. The lowest BCUT2D eigenvalue weighted by atomic mass is 10.1. The summed E-state index contributed by atoms with van der Waals surface area (Å²) in [7, 11) is 0. The van der Waals surface area contributed by atoms with Crippen LogP contribution in [-0.4, -0.2) is 70.9 Å². The topological polar surface area (TPSA) is 62.6 Å². The van der Waals surface area contributed by atoms with E-state index >= 15 is 0 Å². The lowest BCUT2D eigenvalue weighted by molar-refractivity contribution is -0.118. The molecular weight excluding hydrogens is 390 g/mol. The number of nitrogens with one attached hydrogen (secondary N) is 1. The standard InChI is InChI=1S/C24H35N5O2/c1-20(17-27-13-15-31-16-14-27)28(18-21-7-3-2-4-8-21)19-24(30)26-23-11-12-25-29(23)22-9-5-6-10-22/h2-4,7-8,11-12,20,22H,5-6,9-10,13-19H2,1H3,(H,26,30). The van der Waals surface area contributed by atoms with Crippen molar-refractivity contribution in [3.8, 4) is 0 Å². The van der Waals surface area contributed by atoms with E-state index in [1.807, 2.05) is 16.8 Å². The fraction of sp³-hybridized carbons (Fsp3) is 0.583. The van der Waals surface area contributed by atoms with Crippen molar-refractivity contribution in [3.05, 3.63) is 48.2 Å². The first-order chi connectivity index (χ1) is 15.2. The zero-order chi connectivity index (χ0) is 21.5. The van der Waals surface area contributed by atoms with E-state index < -0.39 is 0 Å². The zero-order valence-corrected chi connectivity index (χ0v) is 18.6. The highest BCUT2D eigenvalue weighted by atomic mass is 16.5. The fourth-order valence-corrected chi connectivity index (χ4v) is 4.68. The Hall–Kier alpha value is -2.22. The Bertz CT molecular complexity index is 812. The number of ether oxygens (including phenoxy) is 1. The zero-order valence-electron chi connectivity index (χ0n) is 18.6. The number of hydrogen-bond donors (Lipinski definition) is 1. The molecule has 7 nitrogen and oxygen atoms in total. The van der Waals surface area contributed by atoms with E-state index in [2.05, 4.69) is 51.4 Å². The summed E-state index contributed by atoms with van der Waals surface area (Å²) in [6.07, 6.45) is 6.54. The quantitative estimate of drug-likeness (QED) is 0.669. The molecule has 1 aromatic heterocycles. The summed E-state index contributed by atoms with van der Waals surface area (Å²) in [5.41, 5.74) is 1.22. The van der Waals surface area contributed by atoms with Gasteiger partial charge in [-0.3, -0.25) is 14.6 Å². The average molecular weight is 426 g/mol. The van der Waals surface area contributed by atoms with Gasteiger partial charge in [0.2, 0.25) is 5.91 Å². The smallest absolute Gasteiger partial charge is 0.239 e. The molecule has 0 bridgehead atoms. The van der Waals surface area contributed by atoms with Gasteiger partial charge in [-0.05, 0) is 25.3 Å². The van der Waals surface area contributed by atoms with Gasteiger partial charge in [0.15, 0.2) is 0 Å². The van der Waals surface area contributed by atoms with Crippen molar-refractivity contribution in [1.82, 2.24) is 19.6 Å². The monoisotopic (exact) mass is 425 g/mol. The predicted octanol–water partition coefficient (Wildman–Crippen LogP) is 3.16. The van der Waals surface area contributed by atoms with Gasteiger partial charge in [-0.1, -0.05) is 43.2 Å². The van der Waals surface area contributed by atoms with Crippen LogP contribution >= 0.6 is 0 Å². The van der Waals surface area contributed by atoms with E-state index in [1.54, 1.807) is 6.20 Å². The molecule has 1 amide bonds. The summed E-state index contributed by atoms with van der Waals surface area (Å²) in [6, 6.07) is 13.0. The van der Waals surface area contributed by atoms with Gasteiger partial charge < -0.3 is 10.1 Å². The number of nitrogens with zero attached hydrogens (tertiary/aromatic N) is 4. The number of aromatic nitrogens is 2. The van der Waals surface area contributed by atoms with E-state index in [0.717, 1.165) is 58.1 Å². The molecule has 1 N–H and O–H groups in total. The van der Waals surface area contributed by atoms with Gasteiger partial charge in [0.1, 0.15) is 5.82 Å². The van der Waals surface area contributed by atoms with Crippen molar-refractivity contribution in [2.24, 2.45) is 0 Å². The second-order valence-electron chi connectivity index (χ2n) is 8.80. The normalized spacial score (nSPS) is 19.0. The maximum Gasteiger partial charge on any atom is 0.239 e. The minimum atomic E-state index is 0.0181. The van der Waals surface area contributed by atoms with Crippen molar-refractivity contribution in [2.45, 2.75) is 51.2 Å². The minimum Gasteiger partial charge on any atom is -0.379 e. The number of amides is 1. The predicted molar refractivity (Wildman–Crippen MR) is 122 cm³/mol. The Morgan fingerprint density at radius 2 is 1.94 bits per heavy atom. The molecule has 1 aliphatic carbocycles. The largest absolute Gasteiger partial charge is 0.379 e. The SMILES string of the molecule is CC(CN1CCOCC1)N(CC(=O)Nc1ccnn1C1CCCC1)Cc1ccccc1. The highest BCUT2D eigenvalue weighted by Crippen LogP contribution is 2.31. The van der Waals surface area contributed by atoms with Crippen LogP contribution in [0.4, 0.5) is 5.82 Å². The molecular formula is C24H35N5O2. The number of anilines is 1. The van der Waals surface area contributed by atoms with E-state index in [0.29, 0.717) is 12.6 Å². The van der Waals surface area contributed by atoms with Gasteiger partial charge in [-0.15, -0.1) is 0 Å². The Balaban J connectivity index is 1.40. The molecule has 2 aliphatic rings. The van der Waals surface area contributed by atoms with Gasteiger partial charge >= 0.3 is 0 Å².